The maximum Gasteiger partial charge on any atom is 0.0701 e. The molecule has 96 valence electrons. The van der Waals surface area contributed by atoms with Crippen LogP contribution >= 0.6 is 27.3 Å². The van der Waals surface area contributed by atoms with E-state index in [-0.39, 0.29) is 6.04 Å². The van der Waals surface area contributed by atoms with Gasteiger partial charge in [-0.1, -0.05) is 24.3 Å². The summed E-state index contributed by atoms with van der Waals surface area (Å²) in [6.07, 6.45) is 2.65. The van der Waals surface area contributed by atoms with Gasteiger partial charge in [-0.25, -0.2) is 0 Å². The highest BCUT2D eigenvalue weighted by atomic mass is 79.9. The van der Waals surface area contributed by atoms with Crippen molar-refractivity contribution in [1.29, 1.82) is 0 Å². The first kappa shape index (κ1) is 12.8. The van der Waals surface area contributed by atoms with E-state index in [0.717, 1.165) is 21.3 Å². The lowest BCUT2D eigenvalue weighted by molar-refractivity contribution is 0.711. The Kier molecular flexibility index (Phi) is 3.64. The van der Waals surface area contributed by atoms with Crippen LogP contribution in [0.5, 0.6) is 0 Å². The van der Waals surface area contributed by atoms with E-state index in [4.69, 9.17) is 5.73 Å². The van der Waals surface area contributed by atoms with Crippen LogP contribution in [0.2, 0.25) is 0 Å². The van der Waals surface area contributed by atoms with Crippen molar-refractivity contribution in [2.75, 3.05) is 0 Å². The zero-order chi connectivity index (χ0) is 13.2. The topological polar surface area (TPSA) is 38.9 Å². The minimum absolute atomic E-state index is 0.0725. The van der Waals surface area contributed by atoms with Crippen molar-refractivity contribution in [2.45, 2.75) is 12.5 Å². The third kappa shape index (κ3) is 2.71. The molecule has 1 unspecified atom stereocenters. The summed E-state index contributed by atoms with van der Waals surface area (Å²) in [5.41, 5.74) is 7.31. The highest BCUT2D eigenvalue weighted by Gasteiger charge is 2.13. The Balaban J connectivity index is 1.95. The van der Waals surface area contributed by atoms with Gasteiger partial charge in [0.25, 0.3) is 0 Å². The summed E-state index contributed by atoms with van der Waals surface area (Å²) in [4.78, 5) is 5.75. The number of pyridine rings is 1. The fourth-order valence-corrected chi connectivity index (χ4v) is 3.75. The molecule has 19 heavy (non-hydrogen) atoms. The van der Waals surface area contributed by atoms with Crippen molar-refractivity contribution >= 4 is 38.0 Å². The second-order valence-corrected chi connectivity index (χ2v) is 6.98. The maximum absolute atomic E-state index is 6.33. The molecule has 2 N–H and O–H groups in total. The molecule has 3 rings (SSSR count). The molecule has 0 radical (unpaired) electrons. The molecule has 2 heterocycles. The number of thiophene rings is 1. The SMILES string of the molecule is NC(Cc1ccc(Br)s1)c1nccc2ccccc12. The summed E-state index contributed by atoms with van der Waals surface area (Å²) in [5.74, 6) is 0. The lowest BCUT2D eigenvalue weighted by Crippen LogP contribution is -2.14. The zero-order valence-corrected chi connectivity index (χ0v) is 12.6. The third-order valence-corrected chi connectivity index (χ3v) is 4.75. The molecule has 0 aliphatic heterocycles. The summed E-state index contributed by atoms with van der Waals surface area (Å²) < 4.78 is 1.14. The fraction of sp³-hybridized carbons (Fsp3) is 0.133. The minimum atomic E-state index is -0.0725. The van der Waals surface area contributed by atoms with E-state index < -0.39 is 0 Å². The van der Waals surface area contributed by atoms with Gasteiger partial charge in [0.05, 0.1) is 15.5 Å². The van der Waals surface area contributed by atoms with E-state index >= 15 is 0 Å². The van der Waals surface area contributed by atoms with Crippen LogP contribution in [0.15, 0.2) is 52.4 Å². The van der Waals surface area contributed by atoms with E-state index in [1.54, 1.807) is 11.3 Å². The van der Waals surface area contributed by atoms with Crippen LogP contribution in [0.3, 0.4) is 0 Å². The maximum atomic E-state index is 6.33. The number of fused-ring (bicyclic) bond motifs is 1. The average Bonchev–Trinajstić information content (AvgIpc) is 2.83. The molecule has 0 saturated carbocycles. The predicted octanol–water partition coefficient (Wildman–Crippen LogP) is 4.30. The Hall–Kier alpha value is -1.23. The largest absolute Gasteiger partial charge is 0.322 e. The molecule has 0 aliphatic rings. The average molecular weight is 333 g/mol. The van der Waals surface area contributed by atoms with Gasteiger partial charge in [-0.3, -0.25) is 4.98 Å². The van der Waals surface area contributed by atoms with Gasteiger partial charge >= 0.3 is 0 Å². The highest BCUT2D eigenvalue weighted by Crippen LogP contribution is 2.28. The van der Waals surface area contributed by atoms with Gasteiger partial charge in [-0.15, -0.1) is 11.3 Å². The normalized spacial score (nSPS) is 12.7. The molecule has 3 aromatic rings. The van der Waals surface area contributed by atoms with Gasteiger partial charge in [0.1, 0.15) is 0 Å². The summed E-state index contributed by atoms with van der Waals surface area (Å²) in [7, 11) is 0. The minimum Gasteiger partial charge on any atom is -0.322 e. The van der Waals surface area contributed by atoms with Gasteiger partial charge in [-0.2, -0.15) is 0 Å². The molecular formula is C15H13BrN2S. The van der Waals surface area contributed by atoms with Crippen LogP contribution in [0, 0.1) is 0 Å². The molecule has 0 saturated heterocycles. The first-order chi connectivity index (χ1) is 9.24. The Labute approximate surface area is 124 Å². The first-order valence-electron chi connectivity index (χ1n) is 6.07. The number of nitrogens with zero attached hydrogens (tertiary/aromatic N) is 1. The molecule has 0 amide bonds. The second kappa shape index (κ2) is 5.41. The van der Waals surface area contributed by atoms with Gasteiger partial charge < -0.3 is 5.73 Å². The van der Waals surface area contributed by atoms with Crippen LogP contribution in [0.25, 0.3) is 10.8 Å². The molecule has 2 aromatic heterocycles. The van der Waals surface area contributed by atoms with Crippen molar-refractivity contribution < 1.29 is 0 Å². The van der Waals surface area contributed by atoms with E-state index in [0.29, 0.717) is 0 Å². The molecule has 0 bridgehead atoms. The Morgan fingerprint density at radius 2 is 2.00 bits per heavy atom. The molecule has 0 spiro atoms. The van der Waals surface area contributed by atoms with Crippen LogP contribution in [-0.2, 0) is 6.42 Å². The van der Waals surface area contributed by atoms with E-state index in [1.165, 1.54) is 10.3 Å². The lowest BCUT2D eigenvalue weighted by Gasteiger charge is -2.12. The van der Waals surface area contributed by atoms with Crippen molar-refractivity contribution in [3.63, 3.8) is 0 Å². The quantitative estimate of drug-likeness (QED) is 0.776. The molecule has 1 aromatic carbocycles. The Morgan fingerprint density at radius 3 is 2.79 bits per heavy atom. The molecule has 0 aliphatic carbocycles. The summed E-state index contributed by atoms with van der Waals surface area (Å²) in [6, 6.07) is 14.4. The molecule has 1 atom stereocenters. The van der Waals surface area contributed by atoms with Crippen molar-refractivity contribution in [2.24, 2.45) is 5.73 Å². The van der Waals surface area contributed by atoms with E-state index in [1.807, 2.05) is 24.4 Å². The number of nitrogens with two attached hydrogens (primary N) is 1. The monoisotopic (exact) mass is 332 g/mol. The van der Waals surface area contributed by atoms with Crippen molar-refractivity contribution in [3.8, 4) is 0 Å². The van der Waals surface area contributed by atoms with Crippen LogP contribution < -0.4 is 5.73 Å². The number of rotatable bonds is 3. The number of hydrogen-bond donors (Lipinski definition) is 1. The van der Waals surface area contributed by atoms with Gasteiger partial charge in [0.15, 0.2) is 0 Å². The lowest BCUT2D eigenvalue weighted by atomic mass is 10.0. The molecule has 2 nitrogen and oxygen atoms in total. The van der Waals surface area contributed by atoms with Gasteiger partial charge in [0, 0.05) is 22.9 Å². The van der Waals surface area contributed by atoms with E-state index in [2.05, 4.69) is 45.2 Å². The van der Waals surface area contributed by atoms with Gasteiger partial charge in [0.2, 0.25) is 0 Å². The Morgan fingerprint density at radius 1 is 1.16 bits per heavy atom. The van der Waals surface area contributed by atoms with Crippen LogP contribution in [-0.4, -0.2) is 4.98 Å². The summed E-state index contributed by atoms with van der Waals surface area (Å²) in [6.45, 7) is 0. The standard InChI is InChI=1S/C15H13BrN2S/c16-14-6-5-11(19-14)9-13(17)15-12-4-2-1-3-10(12)7-8-18-15/h1-8,13H,9,17H2. The number of hydrogen-bond acceptors (Lipinski definition) is 3. The van der Waals surface area contributed by atoms with Crippen molar-refractivity contribution in [3.05, 3.63) is 63.0 Å². The van der Waals surface area contributed by atoms with Crippen molar-refractivity contribution in [1.82, 2.24) is 4.98 Å². The molecular weight excluding hydrogens is 320 g/mol. The number of aromatic nitrogens is 1. The summed E-state index contributed by atoms with van der Waals surface area (Å²) in [5, 5.41) is 2.34. The second-order valence-electron chi connectivity index (χ2n) is 4.43. The van der Waals surface area contributed by atoms with Crippen LogP contribution in [0.1, 0.15) is 16.6 Å². The zero-order valence-electron chi connectivity index (χ0n) is 10.2. The number of benzene rings is 1. The summed E-state index contributed by atoms with van der Waals surface area (Å²) >= 11 is 5.21. The smallest absolute Gasteiger partial charge is 0.0701 e. The van der Waals surface area contributed by atoms with Gasteiger partial charge in [-0.05, 0) is 39.5 Å². The van der Waals surface area contributed by atoms with E-state index in [9.17, 15) is 0 Å². The Bertz CT molecular complexity index is 703. The first-order valence-corrected chi connectivity index (χ1v) is 7.68. The fourth-order valence-electron chi connectivity index (χ4n) is 2.21. The highest BCUT2D eigenvalue weighted by molar-refractivity contribution is 9.11. The van der Waals surface area contributed by atoms with Crippen LogP contribution in [0.4, 0.5) is 0 Å². The third-order valence-electron chi connectivity index (χ3n) is 3.11. The molecule has 0 fully saturated rings. The predicted molar refractivity (Wildman–Crippen MR) is 84.4 cm³/mol. The molecule has 4 heteroatoms. The number of halogens is 1.